The van der Waals surface area contributed by atoms with Crippen LogP contribution in [0.4, 0.5) is 0 Å². The van der Waals surface area contributed by atoms with E-state index in [-0.39, 0.29) is 18.3 Å². The number of amides is 2. The smallest absolute Gasteiger partial charge is 0.338 e. The monoisotopic (exact) mass is 459 g/mol. The fourth-order valence-electron chi connectivity index (χ4n) is 2.41. The van der Waals surface area contributed by atoms with Gasteiger partial charge in [0.15, 0.2) is 11.7 Å². The summed E-state index contributed by atoms with van der Waals surface area (Å²) in [7, 11) is 0. The third-order valence-corrected chi connectivity index (χ3v) is 4.08. The standard InChI is InChI=1S/C22H25N3O6S/c1-3-13-30-18-8-6-5-7-17(18)20(27)23-22(32)25-24-19(26)14-31-16-11-9-15(10-12-16)21(28)29-4-2/h5-12H,3-4,13-14H2,1-2H3,(H,24,26)(H2,23,25,27,32). The first kappa shape index (κ1) is 24.6. The summed E-state index contributed by atoms with van der Waals surface area (Å²) >= 11 is 5.03. The van der Waals surface area contributed by atoms with Crippen molar-refractivity contribution >= 4 is 35.1 Å². The Morgan fingerprint density at radius 2 is 1.66 bits per heavy atom. The second-order valence-electron chi connectivity index (χ2n) is 6.33. The number of benzene rings is 2. The normalized spacial score (nSPS) is 9.94. The number of nitrogens with one attached hydrogen (secondary N) is 3. The first-order valence-corrected chi connectivity index (χ1v) is 10.4. The Balaban J connectivity index is 1.77. The molecule has 0 aromatic heterocycles. The molecule has 0 heterocycles. The van der Waals surface area contributed by atoms with Crippen molar-refractivity contribution in [2.24, 2.45) is 0 Å². The molecule has 2 aromatic carbocycles. The van der Waals surface area contributed by atoms with Crippen molar-refractivity contribution in [1.82, 2.24) is 16.2 Å². The van der Waals surface area contributed by atoms with Crippen LogP contribution in [-0.4, -0.2) is 42.7 Å². The van der Waals surface area contributed by atoms with Crippen molar-refractivity contribution in [2.45, 2.75) is 20.3 Å². The highest BCUT2D eigenvalue weighted by Gasteiger charge is 2.14. The zero-order valence-electron chi connectivity index (χ0n) is 17.8. The third kappa shape index (κ3) is 7.88. The van der Waals surface area contributed by atoms with Gasteiger partial charge in [-0.3, -0.25) is 25.8 Å². The minimum absolute atomic E-state index is 0.0903. The maximum Gasteiger partial charge on any atom is 0.338 e. The van der Waals surface area contributed by atoms with E-state index in [9.17, 15) is 14.4 Å². The number of carbonyl (C=O) groups excluding carboxylic acids is 3. The van der Waals surface area contributed by atoms with Crippen LogP contribution >= 0.6 is 12.2 Å². The molecule has 10 heteroatoms. The number of esters is 1. The van der Waals surface area contributed by atoms with Gasteiger partial charge in [0.05, 0.1) is 24.3 Å². The lowest BCUT2D eigenvalue weighted by Gasteiger charge is -2.13. The number of hydrogen-bond donors (Lipinski definition) is 3. The van der Waals surface area contributed by atoms with E-state index in [0.717, 1.165) is 6.42 Å². The second kappa shape index (κ2) is 12.9. The first-order valence-electron chi connectivity index (χ1n) is 9.96. The topological polar surface area (TPSA) is 115 Å². The van der Waals surface area contributed by atoms with Crippen LogP contribution in [0.2, 0.25) is 0 Å². The second-order valence-corrected chi connectivity index (χ2v) is 6.74. The van der Waals surface area contributed by atoms with Gasteiger partial charge < -0.3 is 14.2 Å². The van der Waals surface area contributed by atoms with Gasteiger partial charge in [-0.15, -0.1) is 0 Å². The van der Waals surface area contributed by atoms with E-state index in [1.165, 1.54) is 12.1 Å². The van der Waals surface area contributed by atoms with Crippen LogP contribution in [0.25, 0.3) is 0 Å². The molecule has 0 unspecified atom stereocenters. The molecule has 0 aliphatic heterocycles. The van der Waals surface area contributed by atoms with Crippen LogP contribution < -0.4 is 25.6 Å². The van der Waals surface area contributed by atoms with Crippen molar-refractivity contribution in [3.8, 4) is 11.5 Å². The summed E-state index contributed by atoms with van der Waals surface area (Å²) in [5, 5.41) is 2.38. The number of ether oxygens (including phenoxy) is 3. The van der Waals surface area contributed by atoms with Crippen LogP contribution in [0.3, 0.4) is 0 Å². The lowest BCUT2D eigenvalue weighted by atomic mass is 10.2. The van der Waals surface area contributed by atoms with E-state index in [1.54, 1.807) is 43.3 Å². The number of hydrogen-bond acceptors (Lipinski definition) is 7. The third-order valence-electron chi connectivity index (χ3n) is 3.87. The molecule has 0 bridgehead atoms. The molecule has 170 valence electrons. The molecule has 0 saturated heterocycles. The van der Waals surface area contributed by atoms with E-state index in [1.807, 2.05) is 6.92 Å². The van der Waals surface area contributed by atoms with Gasteiger partial charge in [-0.25, -0.2) is 4.79 Å². The highest BCUT2D eigenvalue weighted by Crippen LogP contribution is 2.18. The minimum Gasteiger partial charge on any atom is -0.493 e. The van der Waals surface area contributed by atoms with E-state index < -0.39 is 17.8 Å². The zero-order valence-corrected chi connectivity index (χ0v) is 18.6. The summed E-state index contributed by atoms with van der Waals surface area (Å²) in [6.45, 7) is 4.14. The maximum absolute atomic E-state index is 12.4. The van der Waals surface area contributed by atoms with Gasteiger partial charge in [-0.1, -0.05) is 19.1 Å². The Kier molecular flexibility index (Phi) is 9.92. The molecule has 0 fully saturated rings. The molecule has 0 radical (unpaired) electrons. The predicted octanol–water partition coefficient (Wildman–Crippen LogP) is 2.37. The molecule has 3 N–H and O–H groups in total. The summed E-state index contributed by atoms with van der Waals surface area (Å²) in [5.74, 6) is -0.589. The fraction of sp³-hybridized carbons (Fsp3) is 0.273. The van der Waals surface area contributed by atoms with E-state index in [4.69, 9.17) is 26.4 Å². The van der Waals surface area contributed by atoms with Gasteiger partial charge in [0, 0.05) is 0 Å². The minimum atomic E-state index is -0.525. The number of carbonyl (C=O) groups is 3. The molecular formula is C22H25N3O6S. The summed E-state index contributed by atoms with van der Waals surface area (Å²) < 4.78 is 15.8. The molecule has 0 spiro atoms. The van der Waals surface area contributed by atoms with Crippen LogP contribution in [-0.2, 0) is 9.53 Å². The predicted molar refractivity (Wildman–Crippen MR) is 121 cm³/mol. The molecule has 0 aliphatic carbocycles. The number of thiocarbonyl (C=S) groups is 1. The van der Waals surface area contributed by atoms with Gasteiger partial charge in [0.1, 0.15) is 11.5 Å². The molecule has 2 amide bonds. The van der Waals surface area contributed by atoms with Gasteiger partial charge in [-0.05, 0) is 62.0 Å². The number of para-hydroxylation sites is 1. The summed E-state index contributed by atoms with van der Waals surface area (Å²) in [6.07, 6.45) is 0.805. The average Bonchev–Trinajstić information content (AvgIpc) is 2.80. The molecule has 9 nitrogen and oxygen atoms in total. The van der Waals surface area contributed by atoms with Crippen molar-refractivity contribution in [1.29, 1.82) is 0 Å². The maximum atomic E-state index is 12.4. The molecule has 2 rings (SSSR count). The molecule has 32 heavy (non-hydrogen) atoms. The molecular weight excluding hydrogens is 434 g/mol. The summed E-state index contributed by atoms with van der Waals surface area (Å²) in [4.78, 5) is 36.0. The molecule has 2 aromatic rings. The van der Waals surface area contributed by atoms with Gasteiger partial charge >= 0.3 is 5.97 Å². The van der Waals surface area contributed by atoms with Gasteiger partial charge in [0.2, 0.25) is 0 Å². The molecule has 0 aliphatic rings. The van der Waals surface area contributed by atoms with E-state index in [0.29, 0.717) is 29.2 Å². The van der Waals surface area contributed by atoms with Gasteiger partial charge in [-0.2, -0.15) is 0 Å². The molecule has 0 saturated carbocycles. The lowest BCUT2D eigenvalue weighted by molar-refractivity contribution is -0.123. The number of rotatable bonds is 9. The van der Waals surface area contributed by atoms with Crippen molar-refractivity contribution in [2.75, 3.05) is 19.8 Å². The fourth-order valence-corrected chi connectivity index (χ4v) is 2.55. The zero-order chi connectivity index (χ0) is 23.3. The van der Waals surface area contributed by atoms with Crippen molar-refractivity contribution in [3.63, 3.8) is 0 Å². The SMILES string of the molecule is CCCOc1ccccc1C(=O)NC(=S)NNC(=O)COc1ccc(C(=O)OCC)cc1. The van der Waals surface area contributed by atoms with Gasteiger partial charge in [0.25, 0.3) is 11.8 Å². The Labute approximate surface area is 191 Å². The van der Waals surface area contributed by atoms with Crippen molar-refractivity contribution < 1.29 is 28.6 Å². The van der Waals surface area contributed by atoms with Crippen molar-refractivity contribution in [3.05, 3.63) is 59.7 Å². The highest BCUT2D eigenvalue weighted by molar-refractivity contribution is 7.80. The quantitative estimate of drug-likeness (QED) is 0.297. The Hall–Kier alpha value is -3.66. The summed E-state index contributed by atoms with van der Waals surface area (Å²) in [6, 6.07) is 13.0. The van der Waals surface area contributed by atoms with Crippen LogP contribution in [0, 0.1) is 0 Å². The highest BCUT2D eigenvalue weighted by atomic mass is 32.1. The first-order chi connectivity index (χ1) is 15.4. The van der Waals surface area contributed by atoms with Crippen LogP contribution in [0.5, 0.6) is 11.5 Å². The largest absolute Gasteiger partial charge is 0.493 e. The summed E-state index contributed by atoms with van der Waals surface area (Å²) in [5.41, 5.74) is 5.48. The van der Waals surface area contributed by atoms with E-state index >= 15 is 0 Å². The molecule has 0 atom stereocenters. The lowest BCUT2D eigenvalue weighted by Crippen LogP contribution is -2.49. The Morgan fingerprint density at radius 3 is 2.34 bits per heavy atom. The van der Waals surface area contributed by atoms with Crippen LogP contribution in [0.1, 0.15) is 41.0 Å². The average molecular weight is 460 g/mol. The Morgan fingerprint density at radius 1 is 0.938 bits per heavy atom. The van der Waals surface area contributed by atoms with Crippen LogP contribution in [0.15, 0.2) is 48.5 Å². The Bertz CT molecular complexity index is 949. The van der Waals surface area contributed by atoms with E-state index in [2.05, 4.69) is 16.2 Å². The number of hydrazine groups is 1.